The van der Waals surface area contributed by atoms with Crippen molar-refractivity contribution in [2.45, 2.75) is 13.2 Å². The van der Waals surface area contributed by atoms with Crippen LogP contribution >= 0.6 is 0 Å². The largest absolute Gasteiger partial charge is 0.496 e. The van der Waals surface area contributed by atoms with Gasteiger partial charge in [-0.3, -0.25) is 4.90 Å². The molecule has 32 heavy (non-hydrogen) atoms. The number of anilines is 1. The van der Waals surface area contributed by atoms with Crippen LogP contribution in [0.1, 0.15) is 16.7 Å². The van der Waals surface area contributed by atoms with Crippen LogP contribution in [0.15, 0.2) is 54.6 Å². The van der Waals surface area contributed by atoms with Gasteiger partial charge >= 0.3 is 0 Å². The summed E-state index contributed by atoms with van der Waals surface area (Å²) in [4.78, 5) is 9.20. The Balaban J connectivity index is 1.32. The molecule has 6 nitrogen and oxygen atoms in total. The summed E-state index contributed by atoms with van der Waals surface area (Å²) in [6.45, 7) is 4.41. The van der Waals surface area contributed by atoms with Crippen molar-refractivity contribution in [3.05, 3.63) is 83.2 Å². The van der Waals surface area contributed by atoms with Crippen LogP contribution in [0.2, 0.25) is 0 Å². The Kier molecular flexibility index (Phi) is 6.83. The van der Waals surface area contributed by atoms with E-state index in [9.17, 15) is 4.39 Å². The van der Waals surface area contributed by atoms with Crippen molar-refractivity contribution >= 4 is 5.82 Å². The molecule has 4 rings (SSSR count). The molecule has 3 aromatic rings. The van der Waals surface area contributed by atoms with Gasteiger partial charge in [0.15, 0.2) is 0 Å². The number of piperazine rings is 1. The first kappa shape index (κ1) is 21.6. The number of rotatable bonds is 7. The fourth-order valence-electron chi connectivity index (χ4n) is 3.63. The molecule has 2 heterocycles. The van der Waals surface area contributed by atoms with Gasteiger partial charge in [0.1, 0.15) is 24.0 Å². The van der Waals surface area contributed by atoms with Crippen LogP contribution in [0.4, 0.5) is 10.2 Å². The summed E-state index contributed by atoms with van der Waals surface area (Å²) in [6.07, 6.45) is 0. The summed E-state index contributed by atoms with van der Waals surface area (Å²) in [5.41, 5.74) is 1.79. The summed E-state index contributed by atoms with van der Waals surface area (Å²) < 4.78 is 25.0. The van der Waals surface area contributed by atoms with Gasteiger partial charge in [-0.15, -0.1) is 0 Å². The molecule has 1 aliphatic rings. The Morgan fingerprint density at radius 1 is 1.09 bits per heavy atom. The molecule has 163 valence electrons. The average Bonchev–Trinajstić information content (AvgIpc) is 2.84. The van der Waals surface area contributed by atoms with Crippen LogP contribution in [0, 0.1) is 23.2 Å². The quantitative estimate of drug-likeness (QED) is 0.567. The molecule has 1 saturated heterocycles. The minimum Gasteiger partial charge on any atom is -0.496 e. The van der Waals surface area contributed by atoms with Crippen LogP contribution in [0.5, 0.6) is 11.6 Å². The first-order valence-electron chi connectivity index (χ1n) is 10.5. The summed E-state index contributed by atoms with van der Waals surface area (Å²) in [5, 5.41) is 8.85. The van der Waals surface area contributed by atoms with E-state index in [4.69, 9.17) is 14.7 Å². The molecular formula is C25H24FN4O2. The lowest BCUT2D eigenvalue weighted by atomic mass is 10.1. The highest BCUT2D eigenvalue weighted by Crippen LogP contribution is 2.21. The molecule has 0 unspecified atom stereocenters. The van der Waals surface area contributed by atoms with E-state index in [1.54, 1.807) is 25.3 Å². The van der Waals surface area contributed by atoms with Gasteiger partial charge in [0, 0.05) is 50.4 Å². The normalized spacial score (nSPS) is 14.1. The standard InChI is InChI=1S/C25H24FN4O2/c1-31-22-5-2-4-20(14-22)17-29-10-12-30(13-11-29)24-6-3-7-25(28-24)32-18-21-9-8-19(16-27)15-23(21)26/h2-9,15H,10-13,17-18H2,1H3. The predicted molar refractivity (Wildman–Crippen MR) is 119 cm³/mol. The fraction of sp³-hybridized carbons (Fsp3) is 0.280. The second kappa shape index (κ2) is 10.1. The molecule has 1 radical (unpaired) electrons. The van der Waals surface area contributed by atoms with Crippen molar-refractivity contribution in [2.75, 3.05) is 38.2 Å². The lowest BCUT2D eigenvalue weighted by Crippen LogP contribution is -2.46. The molecule has 0 N–H and O–H groups in total. The monoisotopic (exact) mass is 431 g/mol. The van der Waals surface area contributed by atoms with E-state index < -0.39 is 5.82 Å². The number of benzene rings is 2. The van der Waals surface area contributed by atoms with Crippen molar-refractivity contribution in [3.63, 3.8) is 0 Å². The number of hydrogen-bond acceptors (Lipinski definition) is 6. The lowest BCUT2D eigenvalue weighted by molar-refractivity contribution is 0.248. The zero-order valence-corrected chi connectivity index (χ0v) is 17.9. The maximum absolute atomic E-state index is 14.1. The zero-order valence-electron chi connectivity index (χ0n) is 17.9. The third-order valence-corrected chi connectivity index (χ3v) is 5.41. The highest BCUT2D eigenvalue weighted by molar-refractivity contribution is 5.41. The number of nitriles is 1. The highest BCUT2D eigenvalue weighted by Gasteiger charge is 2.19. The highest BCUT2D eigenvalue weighted by atomic mass is 19.1. The van der Waals surface area contributed by atoms with Crippen molar-refractivity contribution in [1.29, 1.82) is 5.26 Å². The topological polar surface area (TPSA) is 61.6 Å². The Labute approximate surface area is 187 Å². The number of methoxy groups -OCH3 is 1. The van der Waals surface area contributed by atoms with Crippen molar-refractivity contribution in [1.82, 2.24) is 9.88 Å². The Morgan fingerprint density at radius 3 is 2.66 bits per heavy atom. The third-order valence-electron chi connectivity index (χ3n) is 5.41. The number of nitrogens with zero attached hydrogens (tertiary/aromatic N) is 4. The summed E-state index contributed by atoms with van der Waals surface area (Å²) in [5.74, 6) is 1.59. The van der Waals surface area contributed by atoms with Gasteiger partial charge in [-0.2, -0.15) is 10.2 Å². The minimum atomic E-state index is -0.454. The van der Waals surface area contributed by atoms with Crippen LogP contribution in [0.3, 0.4) is 0 Å². The molecular weight excluding hydrogens is 407 g/mol. The second-order valence-electron chi connectivity index (χ2n) is 7.55. The Bertz CT molecular complexity index is 1110. The van der Waals surface area contributed by atoms with Gasteiger partial charge in [0.05, 0.1) is 18.7 Å². The number of aromatic nitrogens is 1. The van der Waals surface area contributed by atoms with E-state index in [1.807, 2.05) is 30.3 Å². The van der Waals surface area contributed by atoms with E-state index in [1.165, 1.54) is 6.07 Å². The molecule has 1 aliphatic heterocycles. The molecule has 0 atom stereocenters. The van der Waals surface area contributed by atoms with Crippen molar-refractivity contribution < 1.29 is 13.9 Å². The van der Waals surface area contributed by atoms with E-state index in [0.29, 0.717) is 11.4 Å². The summed E-state index contributed by atoms with van der Waals surface area (Å²) in [7, 11) is 1.65. The third kappa shape index (κ3) is 5.34. The van der Waals surface area contributed by atoms with E-state index in [0.717, 1.165) is 49.9 Å². The molecule has 0 spiro atoms. The number of hydrogen-bond donors (Lipinski definition) is 0. The van der Waals surface area contributed by atoms with E-state index >= 15 is 0 Å². The molecule has 0 aliphatic carbocycles. The minimum absolute atomic E-state index is 0.0544. The van der Waals surface area contributed by atoms with E-state index in [2.05, 4.69) is 26.9 Å². The fourth-order valence-corrected chi connectivity index (χ4v) is 3.63. The average molecular weight is 431 g/mol. The summed E-state index contributed by atoms with van der Waals surface area (Å²) >= 11 is 0. The molecule has 2 aromatic carbocycles. The Morgan fingerprint density at radius 2 is 1.91 bits per heavy atom. The smallest absolute Gasteiger partial charge is 0.215 e. The van der Waals surface area contributed by atoms with Crippen molar-refractivity contribution in [3.8, 4) is 17.7 Å². The first-order valence-corrected chi connectivity index (χ1v) is 10.5. The van der Waals surface area contributed by atoms with Gasteiger partial charge in [-0.25, -0.2) is 4.39 Å². The Hall–Kier alpha value is -3.63. The van der Waals surface area contributed by atoms with Crippen LogP contribution in [-0.4, -0.2) is 43.2 Å². The zero-order chi connectivity index (χ0) is 22.3. The van der Waals surface area contributed by atoms with Crippen LogP contribution < -0.4 is 14.4 Å². The van der Waals surface area contributed by atoms with Gasteiger partial charge in [-0.1, -0.05) is 24.3 Å². The number of halogens is 1. The summed E-state index contributed by atoms with van der Waals surface area (Å²) in [6, 6.07) is 21.1. The van der Waals surface area contributed by atoms with E-state index in [-0.39, 0.29) is 12.2 Å². The first-order chi connectivity index (χ1) is 15.6. The maximum Gasteiger partial charge on any atom is 0.215 e. The van der Waals surface area contributed by atoms with Gasteiger partial charge < -0.3 is 14.4 Å². The second-order valence-corrected chi connectivity index (χ2v) is 7.55. The van der Waals surface area contributed by atoms with Gasteiger partial charge in [0.2, 0.25) is 5.88 Å². The molecule has 0 amide bonds. The molecule has 1 fully saturated rings. The SMILES string of the molecule is COc1[c]c(CN2CCN(c3cccc(OCc4ccc(C#N)cc4F)n3)CC2)ccc1. The molecule has 7 heteroatoms. The van der Waals surface area contributed by atoms with Gasteiger partial charge in [-0.05, 0) is 29.8 Å². The predicted octanol–water partition coefficient (Wildman–Crippen LogP) is 3.80. The maximum atomic E-state index is 14.1. The number of pyridine rings is 1. The molecule has 0 bridgehead atoms. The molecule has 0 saturated carbocycles. The van der Waals surface area contributed by atoms with Crippen molar-refractivity contribution in [2.24, 2.45) is 0 Å². The lowest BCUT2D eigenvalue weighted by Gasteiger charge is -2.35. The number of ether oxygens (including phenoxy) is 2. The molecule has 1 aromatic heterocycles. The van der Waals surface area contributed by atoms with Crippen LogP contribution in [0.25, 0.3) is 0 Å². The van der Waals surface area contributed by atoms with Crippen LogP contribution in [-0.2, 0) is 13.2 Å². The van der Waals surface area contributed by atoms with Gasteiger partial charge in [0.25, 0.3) is 0 Å².